The van der Waals surface area contributed by atoms with E-state index < -0.39 is 0 Å². The van der Waals surface area contributed by atoms with Gasteiger partial charge in [0.1, 0.15) is 0 Å². The molecular formula is C14H18BrN3O2. The van der Waals surface area contributed by atoms with Crippen molar-refractivity contribution in [2.45, 2.75) is 19.9 Å². The molecule has 1 aromatic heterocycles. The molecule has 5 nitrogen and oxygen atoms in total. The molecule has 0 saturated carbocycles. The van der Waals surface area contributed by atoms with E-state index in [1.807, 2.05) is 19.1 Å². The van der Waals surface area contributed by atoms with E-state index in [4.69, 9.17) is 4.74 Å². The van der Waals surface area contributed by atoms with E-state index >= 15 is 0 Å². The Balaban J connectivity index is 1.92. The van der Waals surface area contributed by atoms with Crippen molar-refractivity contribution in [3.63, 3.8) is 0 Å². The first-order chi connectivity index (χ1) is 9.70. The Kier molecular flexibility index (Phi) is 5.40. The monoisotopic (exact) mass is 339 g/mol. The average Bonchev–Trinajstić information content (AvgIpc) is 2.46. The van der Waals surface area contributed by atoms with E-state index in [9.17, 15) is 4.79 Å². The van der Waals surface area contributed by atoms with Crippen molar-refractivity contribution in [3.8, 4) is 5.88 Å². The number of aromatic nitrogens is 1. The Morgan fingerprint density at radius 3 is 3.20 bits per heavy atom. The van der Waals surface area contributed by atoms with E-state index in [1.165, 1.54) is 0 Å². The van der Waals surface area contributed by atoms with Gasteiger partial charge in [-0.3, -0.25) is 0 Å². The van der Waals surface area contributed by atoms with E-state index in [-0.39, 0.29) is 6.03 Å². The molecule has 0 unspecified atom stereocenters. The van der Waals surface area contributed by atoms with Gasteiger partial charge in [-0.1, -0.05) is 28.1 Å². The van der Waals surface area contributed by atoms with Crippen molar-refractivity contribution >= 4 is 22.0 Å². The lowest BCUT2D eigenvalue weighted by Gasteiger charge is -2.25. The minimum Gasteiger partial charge on any atom is -0.478 e. The third kappa shape index (κ3) is 3.96. The summed E-state index contributed by atoms with van der Waals surface area (Å²) in [4.78, 5) is 18.0. The number of halogens is 1. The highest BCUT2D eigenvalue weighted by Gasteiger charge is 2.17. The SMILES string of the molecule is CCOc1ncccc1CNC(=O)N1CCC=C(Br)C1. The zero-order valence-electron chi connectivity index (χ0n) is 11.4. The Morgan fingerprint density at radius 2 is 2.45 bits per heavy atom. The number of carbonyl (C=O) groups excluding carboxylic acids is 1. The summed E-state index contributed by atoms with van der Waals surface area (Å²) in [5, 5.41) is 2.91. The summed E-state index contributed by atoms with van der Waals surface area (Å²) in [7, 11) is 0. The van der Waals surface area contributed by atoms with Crippen LogP contribution in [0.15, 0.2) is 28.9 Å². The van der Waals surface area contributed by atoms with Gasteiger partial charge in [0.15, 0.2) is 0 Å². The fourth-order valence-corrected chi connectivity index (χ4v) is 2.52. The van der Waals surface area contributed by atoms with Crippen LogP contribution in [0.3, 0.4) is 0 Å². The van der Waals surface area contributed by atoms with Crippen LogP contribution in [0.25, 0.3) is 0 Å². The molecule has 0 fully saturated rings. The smallest absolute Gasteiger partial charge is 0.317 e. The predicted octanol–water partition coefficient (Wildman–Crippen LogP) is 2.67. The maximum atomic E-state index is 12.1. The highest BCUT2D eigenvalue weighted by atomic mass is 79.9. The van der Waals surface area contributed by atoms with Crippen LogP contribution in [0.2, 0.25) is 0 Å². The number of rotatable bonds is 4. The molecule has 0 aliphatic carbocycles. The number of hydrogen-bond donors (Lipinski definition) is 1. The van der Waals surface area contributed by atoms with Crippen LogP contribution in [0.4, 0.5) is 4.79 Å². The highest BCUT2D eigenvalue weighted by molar-refractivity contribution is 9.11. The zero-order valence-corrected chi connectivity index (χ0v) is 13.0. The summed E-state index contributed by atoms with van der Waals surface area (Å²) in [6, 6.07) is 3.68. The molecule has 2 heterocycles. The summed E-state index contributed by atoms with van der Waals surface area (Å²) in [5.41, 5.74) is 0.884. The number of nitrogens with one attached hydrogen (secondary N) is 1. The molecule has 0 aromatic carbocycles. The van der Waals surface area contributed by atoms with Gasteiger partial charge in [0.2, 0.25) is 5.88 Å². The lowest BCUT2D eigenvalue weighted by Crippen LogP contribution is -2.42. The van der Waals surface area contributed by atoms with Gasteiger partial charge in [-0.25, -0.2) is 9.78 Å². The Bertz CT molecular complexity index is 505. The summed E-state index contributed by atoms with van der Waals surface area (Å²) in [6.07, 6.45) is 4.66. The largest absolute Gasteiger partial charge is 0.478 e. The van der Waals surface area contributed by atoms with Crippen LogP contribution in [0.5, 0.6) is 5.88 Å². The highest BCUT2D eigenvalue weighted by Crippen LogP contribution is 2.16. The summed E-state index contributed by atoms with van der Waals surface area (Å²) >= 11 is 3.43. The molecule has 2 amide bonds. The lowest BCUT2D eigenvalue weighted by atomic mass is 10.2. The molecule has 0 saturated heterocycles. The normalized spacial score (nSPS) is 14.7. The Hall–Kier alpha value is -1.56. The topological polar surface area (TPSA) is 54.5 Å². The molecule has 1 aliphatic rings. The number of carbonyl (C=O) groups is 1. The van der Waals surface area contributed by atoms with E-state index in [1.54, 1.807) is 11.1 Å². The summed E-state index contributed by atoms with van der Waals surface area (Å²) < 4.78 is 6.49. The van der Waals surface area contributed by atoms with Crippen molar-refractivity contribution in [1.82, 2.24) is 15.2 Å². The van der Waals surface area contributed by atoms with Crippen molar-refractivity contribution in [2.24, 2.45) is 0 Å². The van der Waals surface area contributed by atoms with Crippen molar-refractivity contribution in [3.05, 3.63) is 34.5 Å². The van der Waals surface area contributed by atoms with Crippen LogP contribution in [0.1, 0.15) is 18.9 Å². The van der Waals surface area contributed by atoms with Crippen LogP contribution in [-0.4, -0.2) is 35.6 Å². The summed E-state index contributed by atoms with van der Waals surface area (Å²) in [6.45, 7) is 4.25. The fourth-order valence-electron chi connectivity index (χ4n) is 1.98. The average molecular weight is 340 g/mol. The number of pyridine rings is 1. The number of ether oxygens (including phenoxy) is 1. The van der Waals surface area contributed by atoms with Crippen LogP contribution >= 0.6 is 15.9 Å². The number of hydrogen-bond acceptors (Lipinski definition) is 3. The Morgan fingerprint density at radius 1 is 1.60 bits per heavy atom. The van der Waals surface area contributed by atoms with Crippen LogP contribution < -0.4 is 10.1 Å². The number of amides is 2. The molecule has 0 radical (unpaired) electrons. The third-order valence-electron chi connectivity index (χ3n) is 2.96. The van der Waals surface area contributed by atoms with Gasteiger partial charge in [-0.05, 0) is 19.4 Å². The van der Waals surface area contributed by atoms with Gasteiger partial charge in [-0.2, -0.15) is 0 Å². The van der Waals surface area contributed by atoms with Crippen molar-refractivity contribution in [2.75, 3.05) is 19.7 Å². The first kappa shape index (κ1) is 14.8. The van der Waals surface area contributed by atoms with E-state index in [0.29, 0.717) is 25.6 Å². The second-order valence-electron chi connectivity index (χ2n) is 4.42. The third-order valence-corrected chi connectivity index (χ3v) is 3.53. The second-order valence-corrected chi connectivity index (χ2v) is 5.44. The fraction of sp³-hybridized carbons (Fsp3) is 0.429. The molecule has 2 rings (SSSR count). The molecule has 1 aliphatic heterocycles. The molecule has 0 bridgehead atoms. The molecule has 108 valence electrons. The predicted molar refractivity (Wildman–Crippen MR) is 80.8 cm³/mol. The van der Waals surface area contributed by atoms with Gasteiger partial charge in [0.05, 0.1) is 13.2 Å². The van der Waals surface area contributed by atoms with Gasteiger partial charge in [-0.15, -0.1) is 0 Å². The van der Waals surface area contributed by atoms with Gasteiger partial charge in [0, 0.05) is 29.3 Å². The zero-order chi connectivity index (χ0) is 14.4. The first-order valence-electron chi connectivity index (χ1n) is 6.64. The van der Waals surface area contributed by atoms with E-state index in [0.717, 1.165) is 23.0 Å². The lowest BCUT2D eigenvalue weighted by molar-refractivity contribution is 0.201. The van der Waals surface area contributed by atoms with Gasteiger partial charge >= 0.3 is 6.03 Å². The Labute approximate surface area is 127 Å². The quantitative estimate of drug-likeness (QED) is 0.917. The molecule has 20 heavy (non-hydrogen) atoms. The standard InChI is InChI=1S/C14H18BrN3O2/c1-2-20-13-11(5-3-7-16-13)9-17-14(19)18-8-4-6-12(15)10-18/h3,5-7H,2,4,8-10H2,1H3,(H,17,19). The second kappa shape index (κ2) is 7.28. The number of nitrogens with zero attached hydrogens (tertiary/aromatic N) is 2. The van der Waals surface area contributed by atoms with Gasteiger partial charge < -0.3 is 15.0 Å². The molecule has 1 N–H and O–H groups in total. The summed E-state index contributed by atoms with van der Waals surface area (Å²) in [5.74, 6) is 0.579. The molecule has 0 spiro atoms. The maximum Gasteiger partial charge on any atom is 0.317 e. The van der Waals surface area contributed by atoms with Gasteiger partial charge in [0.25, 0.3) is 0 Å². The van der Waals surface area contributed by atoms with Crippen LogP contribution in [-0.2, 0) is 6.54 Å². The molecule has 6 heteroatoms. The number of urea groups is 1. The minimum absolute atomic E-state index is 0.0682. The maximum absolute atomic E-state index is 12.1. The van der Waals surface area contributed by atoms with Crippen molar-refractivity contribution in [1.29, 1.82) is 0 Å². The van der Waals surface area contributed by atoms with Crippen LogP contribution in [0, 0.1) is 0 Å². The molecule has 0 atom stereocenters. The van der Waals surface area contributed by atoms with Crippen molar-refractivity contribution < 1.29 is 9.53 Å². The molecular weight excluding hydrogens is 322 g/mol. The van der Waals surface area contributed by atoms with E-state index in [2.05, 4.69) is 32.3 Å². The minimum atomic E-state index is -0.0682. The molecule has 1 aromatic rings. The first-order valence-corrected chi connectivity index (χ1v) is 7.44.